The molecule has 2 amide bonds. The van der Waals surface area contributed by atoms with Gasteiger partial charge < -0.3 is 20.5 Å². The molecule has 0 aromatic rings. The highest BCUT2D eigenvalue weighted by Gasteiger charge is 2.20. The van der Waals surface area contributed by atoms with Gasteiger partial charge in [-0.15, -0.1) is 0 Å². The van der Waals surface area contributed by atoms with Gasteiger partial charge in [0.1, 0.15) is 5.60 Å². The average molecular weight is 457 g/mol. The monoisotopic (exact) mass is 456 g/mol. The molecular weight excluding hydrogens is 408 g/mol. The van der Waals surface area contributed by atoms with Crippen molar-refractivity contribution in [1.82, 2.24) is 10.6 Å². The van der Waals surface area contributed by atoms with Crippen molar-refractivity contribution in [2.45, 2.75) is 136 Å². The lowest BCUT2D eigenvalue weighted by molar-refractivity contribution is -0.138. The molecular formula is C25H48N2O5. The van der Waals surface area contributed by atoms with Crippen LogP contribution in [0.1, 0.15) is 124 Å². The van der Waals surface area contributed by atoms with Gasteiger partial charge in [0.25, 0.3) is 0 Å². The van der Waals surface area contributed by atoms with E-state index in [0.717, 1.165) is 19.3 Å². The molecule has 0 aromatic heterocycles. The number of hydrogen-bond donors (Lipinski definition) is 3. The van der Waals surface area contributed by atoms with Crippen LogP contribution in [0.2, 0.25) is 0 Å². The Bertz CT molecular complexity index is 517. The zero-order chi connectivity index (χ0) is 24.2. The quantitative estimate of drug-likeness (QED) is 0.208. The molecule has 7 heteroatoms. The maximum absolute atomic E-state index is 12.1. The van der Waals surface area contributed by atoms with E-state index in [1.165, 1.54) is 64.2 Å². The van der Waals surface area contributed by atoms with E-state index in [2.05, 4.69) is 17.6 Å². The maximum Gasteiger partial charge on any atom is 0.407 e. The first-order valence-electron chi connectivity index (χ1n) is 12.6. The van der Waals surface area contributed by atoms with Crippen molar-refractivity contribution >= 4 is 18.0 Å². The number of carboxylic acid groups (broad SMARTS) is 1. The number of nitrogens with one attached hydrogen (secondary N) is 2. The van der Waals surface area contributed by atoms with Gasteiger partial charge in [-0.1, -0.05) is 84.0 Å². The lowest BCUT2D eigenvalue weighted by Crippen LogP contribution is -2.45. The number of carbonyl (C=O) groups excluding carboxylic acids is 2. The summed E-state index contributed by atoms with van der Waals surface area (Å²) in [5.74, 6) is -1.32. The molecule has 0 fully saturated rings. The Morgan fingerprint density at radius 2 is 1.31 bits per heavy atom. The minimum atomic E-state index is -1.000. The van der Waals surface area contributed by atoms with Gasteiger partial charge in [0.05, 0.1) is 6.42 Å². The van der Waals surface area contributed by atoms with E-state index in [-0.39, 0.29) is 31.3 Å². The third-order valence-electron chi connectivity index (χ3n) is 5.24. The first kappa shape index (κ1) is 30.2. The molecule has 0 heterocycles. The number of amides is 2. The molecule has 0 saturated heterocycles. The van der Waals surface area contributed by atoms with E-state index in [4.69, 9.17) is 9.84 Å². The van der Waals surface area contributed by atoms with Crippen LogP contribution in [0, 0.1) is 0 Å². The van der Waals surface area contributed by atoms with E-state index in [9.17, 15) is 14.4 Å². The molecule has 0 aromatic carbocycles. The van der Waals surface area contributed by atoms with Gasteiger partial charge in [0.15, 0.2) is 0 Å². The summed E-state index contributed by atoms with van der Waals surface area (Å²) < 4.78 is 5.33. The molecule has 0 saturated carbocycles. The molecule has 0 aliphatic rings. The van der Waals surface area contributed by atoms with Crippen molar-refractivity contribution in [3.05, 3.63) is 0 Å². The first-order valence-corrected chi connectivity index (χ1v) is 12.6. The second kappa shape index (κ2) is 18.8. The van der Waals surface area contributed by atoms with E-state index in [1.807, 2.05) is 0 Å². The van der Waals surface area contributed by atoms with Crippen LogP contribution < -0.4 is 10.6 Å². The lowest BCUT2D eigenvalue weighted by Gasteiger charge is -2.24. The zero-order valence-corrected chi connectivity index (χ0v) is 21.0. The van der Waals surface area contributed by atoms with Crippen LogP contribution >= 0.6 is 0 Å². The van der Waals surface area contributed by atoms with Gasteiger partial charge >= 0.3 is 12.1 Å². The van der Waals surface area contributed by atoms with Crippen LogP contribution in [-0.4, -0.2) is 41.3 Å². The maximum atomic E-state index is 12.1. The SMILES string of the molecule is CCCCCCCCCCCCCCC(CNC(=O)CCC(=O)O)NC(=O)OC(C)(C)C. The van der Waals surface area contributed by atoms with Crippen LogP contribution in [-0.2, 0) is 14.3 Å². The smallest absolute Gasteiger partial charge is 0.407 e. The predicted octanol–water partition coefficient (Wildman–Crippen LogP) is 5.95. The highest BCUT2D eigenvalue weighted by atomic mass is 16.6. The van der Waals surface area contributed by atoms with Gasteiger partial charge in [0, 0.05) is 19.0 Å². The van der Waals surface area contributed by atoms with Crippen LogP contribution in [0.5, 0.6) is 0 Å². The van der Waals surface area contributed by atoms with Gasteiger partial charge in [0.2, 0.25) is 5.91 Å². The number of aliphatic carboxylic acids is 1. The largest absolute Gasteiger partial charge is 0.481 e. The number of alkyl carbamates (subject to hydrolysis) is 1. The Kier molecular flexibility index (Phi) is 17.7. The Morgan fingerprint density at radius 3 is 1.78 bits per heavy atom. The summed E-state index contributed by atoms with van der Waals surface area (Å²) in [7, 11) is 0. The molecule has 3 N–H and O–H groups in total. The van der Waals surface area contributed by atoms with Crippen molar-refractivity contribution in [3.63, 3.8) is 0 Å². The van der Waals surface area contributed by atoms with E-state index >= 15 is 0 Å². The molecule has 0 aliphatic carbocycles. The third kappa shape index (κ3) is 21.4. The highest BCUT2D eigenvalue weighted by molar-refractivity contribution is 5.80. The average Bonchev–Trinajstić information content (AvgIpc) is 2.69. The molecule has 1 unspecified atom stereocenters. The topological polar surface area (TPSA) is 105 Å². The highest BCUT2D eigenvalue weighted by Crippen LogP contribution is 2.13. The summed E-state index contributed by atoms with van der Waals surface area (Å²) in [6.45, 7) is 7.94. The van der Waals surface area contributed by atoms with E-state index in [1.54, 1.807) is 20.8 Å². The summed E-state index contributed by atoms with van der Waals surface area (Å²) in [6, 6.07) is -0.234. The second-order valence-corrected chi connectivity index (χ2v) is 9.72. The Morgan fingerprint density at radius 1 is 0.812 bits per heavy atom. The zero-order valence-electron chi connectivity index (χ0n) is 21.0. The fourth-order valence-electron chi connectivity index (χ4n) is 3.48. The minimum absolute atomic E-state index is 0.0624. The lowest BCUT2D eigenvalue weighted by atomic mass is 10.0. The fourth-order valence-corrected chi connectivity index (χ4v) is 3.48. The second-order valence-electron chi connectivity index (χ2n) is 9.72. The van der Waals surface area contributed by atoms with Gasteiger partial charge in [-0.2, -0.15) is 0 Å². The molecule has 32 heavy (non-hydrogen) atoms. The molecule has 0 radical (unpaired) electrons. The Balaban J connectivity index is 4.11. The Hall–Kier alpha value is -1.79. The Labute approximate surface area is 195 Å². The van der Waals surface area contributed by atoms with Crippen molar-refractivity contribution in [2.24, 2.45) is 0 Å². The van der Waals surface area contributed by atoms with Gasteiger partial charge in [-0.3, -0.25) is 9.59 Å². The summed E-state index contributed by atoms with van der Waals surface area (Å²) in [6.07, 6.45) is 15.2. The molecule has 0 rings (SSSR count). The molecule has 0 bridgehead atoms. The number of hydrogen-bond acceptors (Lipinski definition) is 4. The van der Waals surface area contributed by atoms with E-state index < -0.39 is 17.7 Å². The van der Waals surface area contributed by atoms with Crippen LogP contribution in [0.15, 0.2) is 0 Å². The summed E-state index contributed by atoms with van der Waals surface area (Å²) in [5, 5.41) is 14.3. The number of unbranched alkanes of at least 4 members (excludes halogenated alkanes) is 11. The number of rotatable bonds is 19. The summed E-state index contributed by atoms with van der Waals surface area (Å²) in [4.78, 5) is 34.6. The van der Waals surface area contributed by atoms with Crippen molar-refractivity contribution in [3.8, 4) is 0 Å². The van der Waals surface area contributed by atoms with Crippen molar-refractivity contribution in [1.29, 1.82) is 0 Å². The van der Waals surface area contributed by atoms with Crippen molar-refractivity contribution in [2.75, 3.05) is 6.54 Å². The van der Waals surface area contributed by atoms with Crippen LogP contribution in [0.4, 0.5) is 4.79 Å². The third-order valence-corrected chi connectivity index (χ3v) is 5.24. The molecule has 0 aliphatic heterocycles. The molecule has 188 valence electrons. The predicted molar refractivity (Wildman–Crippen MR) is 129 cm³/mol. The van der Waals surface area contributed by atoms with Crippen molar-refractivity contribution < 1.29 is 24.2 Å². The van der Waals surface area contributed by atoms with Crippen LogP contribution in [0.3, 0.4) is 0 Å². The van der Waals surface area contributed by atoms with Gasteiger partial charge in [-0.25, -0.2) is 4.79 Å². The minimum Gasteiger partial charge on any atom is -0.481 e. The summed E-state index contributed by atoms with van der Waals surface area (Å²) in [5.41, 5.74) is -0.588. The van der Waals surface area contributed by atoms with Crippen LogP contribution in [0.25, 0.3) is 0 Å². The standard InChI is InChI=1S/C25H48N2O5/c1-5-6-7-8-9-10-11-12-13-14-15-16-17-21(27-24(31)32-25(2,3)4)20-26-22(28)18-19-23(29)30/h21H,5-20H2,1-4H3,(H,26,28)(H,27,31)(H,29,30). The summed E-state index contributed by atoms with van der Waals surface area (Å²) >= 11 is 0. The van der Waals surface area contributed by atoms with E-state index in [0.29, 0.717) is 0 Å². The number of ether oxygens (including phenoxy) is 1. The molecule has 7 nitrogen and oxygen atoms in total. The normalized spacial score (nSPS) is 12.2. The van der Waals surface area contributed by atoms with Gasteiger partial charge in [-0.05, 0) is 27.2 Å². The number of carbonyl (C=O) groups is 3. The number of carboxylic acids is 1. The molecule has 1 atom stereocenters. The fraction of sp³-hybridized carbons (Fsp3) is 0.880. The molecule has 0 spiro atoms. The first-order chi connectivity index (χ1) is 15.1.